The Bertz CT molecular complexity index is 1020. The molecule has 0 aliphatic carbocycles. The fourth-order valence-electron chi connectivity index (χ4n) is 2.89. The van der Waals surface area contributed by atoms with Crippen LogP contribution in [0.2, 0.25) is 0 Å². The quantitative estimate of drug-likeness (QED) is 0.545. The Balaban J connectivity index is 1.60. The van der Waals surface area contributed by atoms with Crippen molar-refractivity contribution in [1.29, 1.82) is 0 Å². The second-order valence-corrected chi connectivity index (χ2v) is 8.52. The van der Waals surface area contributed by atoms with Crippen molar-refractivity contribution in [3.63, 3.8) is 0 Å². The highest BCUT2D eigenvalue weighted by Crippen LogP contribution is 2.22. The molecule has 0 amide bonds. The van der Waals surface area contributed by atoms with Crippen molar-refractivity contribution in [3.8, 4) is 5.75 Å². The lowest BCUT2D eigenvalue weighted by molar-refractivity contribution is 0.171. The van der Waals surface area contributed by atoms with Gasteiger partial charge in [0.2, 0.25) is 0 Å². The van der Waals surface area contributed by atoms with Crippen LogP contribution in [0.4, 0.5) is 0 Å². The smallest absolute Gasteiger partial charge is 0.339 e. The fraction of sp³-hybridized carbons (Fsp3) is 0.217. The van der Waals surface area contributed by atoms with Crippen LogP contribution >= 0.6 is 0 Å². The molecule has 29 heavy (non-hydrogen) atoms. The van der Waals surface area contributed by atoms with E-state index in [0.717, 1.165) is 11.1 Å². The summed E-state index contributed by atoms with van der Waals surface area (Å²) in [5.41, 5.74) is 2.79. The average molecular weight is 412 g/mol. The van der Waals surface area contributed by atoms with Crippen molar-refractivity contribution in [3.05, 3.63) is 95.6 Å². The second kappa shape index (κ2) is 9.22. The van der Waals surface area contributed by atoms with Crippen LogP contribution in [0.1, 0.15) is 35.8 Å². The number of nitrogens with one attached hydrogen (secondary N) is 1. The van der Waals surface area contributed by atoms with Crippen LogP contribution in [0.25, 0.3) is 0 Å². The first-order valence-corrected chi connectivity index (χ1v) is 10.8. The third-order valence-electron chi connectivity index (χ3n) is 4.70. The Kier molecular flexibility index (Phi) is 6.69. The summed E-state index contributed by atoms with van der Waals surface area (Å²) in [7, 11) is -3.89. The molecular weight excluding hydrogens is 386 g/mol. The van der Waals surface area contributed by atoms with Crippen molar-refractivity contribution in [2.45, 2.75) is 30.9 Å². The van der Waals surface area contributed by atoms with Gasteiger partial charge in [0.1, 0.15) is 10.6 Å². The zero-order valence-electron chi connectivity index (χ0n) is 16.4. The minimum atomic E-state index is -3.89. The molecule has 0 fully saturated rings. The minimum absolute atomic E-state index is 0.103. The monoisotopic (exact) mass is 411 g/mol. The Hall–Kier alpha value is -2.67. The van der Waals surface area contributed by atoms with Crippen LogP contribution in [0, 0.1) is 6.92 Å². The summed E-state index contributed by atoms with van der Waals surface area (Å²) in [4.78, 5) is 0.103. The molecule has 5 nitrogen and oxygen atoms in total. The molecule has 2 N–H and O–H groups in total. The molecule has 0 bridgehead atoms. The van der Waals surface area contributed by atoms with Crippen molar-refractivity contribution in [2.75, 3.05) is 6.54 Å². The molecule has 3 aromatic carbocycles. The normalized spacial score (nSPS) is 13.6. The van der Waals surface area contributed by atoms with Gasteiger partial charge >= 0.3 is 10.1 Å². The molecule has 0 unspecified atom stereocenters. The van der Waals surface area contributed by atoms with Gasteiger partial charge in [-0.1, -0.05) is 60.2 Å². The molecule has 0 aliphatic heterocycles. The molecule has 2 atom stereocenters. The van der Waals surface area contributed by atoms with Crippen LogP contribution in [0.15, 0.2) is 83.8 Å². The third kappa shape index (κ3) is 5.67. The van der Waals surface area contributed by atoms with E-state index < -0.39 is 16.2 Å². The highest BCUT2D eigenvalue weighted by molar-refractivity contribution is 7.87. The van der Waals surface area contributed by atoms with Crippen LogP contribution in [0.5, 0.6) is 5.75 Å². The Labute approximate surface area is 172 Å². The summed E-state index contributed by atoms with van der Waals surface area (Å²) < 4.78 is 29.9. The van der Waals surface area contributed by atoms with Gasteiger partial charge in [0.05, 0.1) is 6.10 Å². The van der Waals surface area contributed by atoms with Crippen LogP contribution in [-0.2, 0) is 10.1 Å². The summed E-state index contributed by atoms with van der Waals surface area (Å²) >= 11 is 0. The van der Waals surface area contributed by atoms with E-state index in [0.29, 0.717) is 12.1 Å². The molecule has 0 radical (unpaired) electrons. The molecule has 0 heterocycles. The van der Waals surface area contributed by atoms with E-state index in [-0.39, 0.29) is 16.7 Å². The van der Waals surface area contributed by atoms with E-state index in [2.05, 4.69) is 5.32 Å². The Morgan fingerprint density at radius 1 is 0.897 bits per heavy atom. The Morgan fingerprint density at radius 3 is 2.14 bits per heavy atom. The average Bonchev–Trinajstić information content (AvgIpc) is 2.73. The van der Waals surface area contributed by atoms with Gasteiger partial charge in [-0.2, -0.15) is 8.42 Å². The maximum absolute atomic E-state index is 12.4. The highest BCUT2D eigenvalue weighted by atomic mass is 32.2. The summed E-state index contributed by atoms with van der Waals surface area (Å²) in [6, 6.07) is 23.0. The summed E-state index contributed by atoms with van der Waals surface area (Å²) in [6.07, 6.45) is -0.719. The molecule has 0 saturated heterocycles. The number of aliphatic hydroxyl groups excluding tert-OH is 1. The van der Waals surface area contributed by atoms with E-state index in [4.69, 9.17) is 4.18 Å². The predicted molar refractivity (Wildman–Crippen MR) is 113 cm³/mol. The van der Waals surface area contributed by atoms with Crippen molar-refractivity contribution in [2.24, 2.45) is 0 Å². The second-order valence-electron chi connectivity index (χ2n) is 6.98. The largest absolute Gasteiger partial charge is 0.387 e. The lowest BCUT2D eigenvalue weighted by Gasteiger charge is -2.18. The first kappa shape index (κ1) is 21.0. The standard InChI is InChI=1S/C23H25NO4S/c1-17-8-14-22(15-9-17)29(26,27)28-21-12-10-20(11-13-21)23(25)16-24-18(2)19-6-4-3-5-7-19/h3-15,18,23-25H,16H2,1-2H3/t18-,23+/m0/s1. The first-order chi connectivity index (χ1) is 13.8. The lowest BCUT2D eigenvalue weighted by atomic mass is 10.1. The maximum Gasteiger partial charge on any atom is 0.339 e. The number of hydrogen-bond donors (Lipinski definition) is 2. The zero-order valence-corrected chi connectivity index (χ0v) is 17.3. The SMILES string of the molecule is Cc1ccc(S(=O)(=O)Oc2ccc([C@H](O)CN[C@@H](C)c3ccccc3)cc2)cc1. The topological polar surface area (TPSA) is 75.6 Å². The van der Waals surface area contributed by atoms with Gasteiger partial charge in [0.25, 0.3) is 0 Å². The number of aliphatic hydroxyl groups is 1. The van der Waals surface area contributed by atoms with E-state index in [1.165, 1.54) is 12.1 Å². The van der Waals surface area contributed by atoms with E-state index in [1.807, 2.05) is 44.2 Å². The van der Waals surface area contributed by atoms with Gasteiger partial charge in [-0.25, -0.2) is 0 Å². The third-order valence-corrected chi connectivity index (χ3v) is 5.96. The van der Waals surface area contributed by atoms with Gasteiger partial charge < -0.3 is 14.6 Å². The molecule has 3 aromatic rings. The van der Waals surface area contributed by atoms with Gasteiger partial charge in [-0.15, -0.1) is 0 Å². The first-order valence-electron chi connectivity index (χ1n) is 9.43. The van der Waals surface area contributed by atoms with Crippen LogP contribution in [-0.4, -0.2) is 20.1 Å². The molecule has 0 aliphatic rings. The molecule has 0 aromatic heterocycles. The molecule has 6 heteroatoms. The summed E-state index contributed by atoms with van der Waals surface area (Å²) in [5, 5.41) is 13.7. The molecule has 0 saturated carbocycles. The fourth-order valence-corrected chi connectivity index (χ4v) is 3.82. The van der Waals surface area contributed by atoms with E-state index in [9.17, 15) is 13.5 Å². The van der Waals surface area contributed by atoms with Gasteiger partial charge in [0, 0.05) is 12.6 Å². The van der Waals surface area contributed by atoms with Crippen LogP contribution in [0.3, 0.4) is 0 Å². The van der Waals surface area contributed by atoms with Gasteiger partial charge in [-0.05, 0) is 49.2 Å². The van der Waals surface area contributed by atoms with E-state index in [1.54, 1.807) is 36.4 Å². The van der Waals surface area contributed by atoms with E-state index >= 15 is 0 Å². The number of benzene rings is 3. The lowest BCUT2D eigenvalue weighted by Crippen LogP contribution is -2.24. The molecule has 3 rings (SSSR count). The number of hydrogen-bond acceptors (Lipinski definition) is 5. The van der Waals surface area contributed by atoms with Gasteiger partial charge in [0.15, 0.2) is 0 Å². The zero-order chi connectivity index (χ0) is 20.9. The number of rotatable bonds is 8. The number of aryl methyl sites for hydroxylation is 1. The summed E-state index contributed by atoms with van der Waals surface area (Å²) in [5.74, 6) is 0.201. The molecule has 152 valence electrons. The maximum atomic E-state index is 12.4. The van der Waals surface area contributed by atoms with Crippen molar-refractivity contribution < 1.29 is 17.7 Å². The van der Waals surface area contributed by atoms with Crippen molar-refractivity contribution >= 4 is 10.1 Å². The Morgan fingerprint density at radius 2 is 1.52 bits per heavy atom. The van der Waals surface area contributed by atoms with Crippen LogP contribution < -0.4 is 9.50 Å². The molecular formula is C23H25NO4S. The van der Waals surface area contributed by atoms with Crippen molar-refractivity contribution in [1.82, 2.24) is 5.32 Å². The molecule has 0 spiro atoms. The minimum Gasteiger partial charge on any atom is -0.387 e. The summed E-state index contributed by atoms with van der Waals surface area (Å²) in [6.45, 7) is 4.30. The highest BCUT2D eigenvalue weighted by Gasteiger charge is 2.17. The predicted octanol–water partition coefficient (Wildman–Crippen LogP) is 4.15. The van der Waals surface area contributed by atoms with Gasteiger partial charge in [-0.3, -0.25) is 0 Å².